The lowest BCUT2D eigenvalue weighted by atomic mass is 10.2. The van der Waals surface area contributed by atoms with E-state index in [4.69, 9.17) is 5.11 Å². The topological polar surface area (TPSA) is 70.1 Å². The Hall–Kier alpha value is -1.36. The minimum absolute atomic E-state index is 0.281. The van der Waals surface area contributed by atoms with Crippen LogP contribution in [0.1, 0.15) is 56.3 Å². The number of rotatable bonds is 9. The van der Waals surface area contributed by atoms with Gasteiger partial charge in [0.1, 0.15) is 17.5 Å². The van der Waals surface area contributed by atoms with E-state index in [1.54, 1.807) is 0 Å². The highest BCUT2D eigenvalue weighted by molar-refractivity contribution is 5.57. The van der Waals surface area contributed by atoms with Crippen molar-refractivity contribution < 1.29 is 5.11 Å². The van der Waals surface area contributed by atoms with E-state index in [2.05, 4.69) is 34.4 Å². The zero-order chi connectivity index (χ0) is 14.4. The van der Waals surface area contributed by atoms with Crippen molar-refractivity contribution in [3.8, 4) is 0 Å². The molecule has 1 aromatic rings. The van der Waals surface area contributed by atoms with Crippen LogP contribution in [0.2, 0.25) is 0 Å². The van der Waals surface area contributed by atoms with Crippen LogP contribution in [0.3, 0.4) is 0 Å². The van der Waals surface area contributed by atoms with E-state index in [-0.39, 0.29) is 6.61 Å². The zero-order valence-corrected chi connectivity index (χ0v) is 12.6. The van der Waals surface area contributed by atoms with Crippen molar-refractivity contribution in [2.24, 2.45) is 0 Å². The molecule has 0 bridgehead atoms. The number of hydrogen-bond acceptors (Lipinski definition) is 5. The van der Waals surface area contributed by atoms with Crippen LogP contribution in [-0.2, 0) is 0 Å². The molecule has 1 saturated carbocycles. The number of anilines is 2. The third-order valence-electron chi connectivity index (χ3n) is 3.58. The summed E-state index contributed by atoms with van der Waals surface area (Å²) in [6, 6.07) is 0. The average molecular weight is 278 g/mol. The zero-order valence-electron chi connectivity index (χ0n) is 12.6. The normalized spacial score (nSPS) is 14.3. The van der Waals surface area contributed by atoms with Gasteiger partial charge in [0.2, 0.25) is 0 Å². The average Bonchev–Trinajstić information content (AvgIpc) is 3.27. The van der Waals surface area contributed by atoms with E-state index in [1.807, 2.05) is 0 Å². The highest BCUT2D eigenvalue weighted by Gasteiger charge is 2.28. The predicted octanol–water partition coefficient (Wildman–Crippen LogP) is 2.67. The van der Waals surface area contributed by atoms with Gasteiger partial charge >= 0.3 is 0 Å². The summed E-state index contributed by atoms with van der Waals surface area (Å²) in [6.07, 6.45) is 5.40. The Balaban J connectivity index is 2.01. The van der Waals surface area contributed by atoms with Crippen LogP contribution in [0.25, 0.3) is 0 Å². The quantitative estimate of drug-likeness (QED) is 0.606. The molecule has 20 heavy (non-hydrogen) atoms. The van der Waals surface area contributed by atoms with Crippen molar-refractivity contribution in [1.82, 2.24) is 9.97 Å². The molecule has 0 spiro atoms. The maximum Gasteiger partial charge on any atom is 0.136 e. The fourth-order valence-corrected chi connectivity index (χ4v) is 2.19. The van der Waals surface area contributed by atoms with Gasteiger partial charge in [-0.25, -0.2) is 9.97 Å². The van der Waals surface area contributed by atoms with Crippen LogP contribution in [0, 0.1) is 6.92 Å². The summed E-state index contributed by atoms with van der Waals surface area (Å²) in [4.78, 5) is 9.33. The highest BCUT2D eigenvalue weighted by atomic mass is 16.2. The summed E-state index contributed by atoms with van der Waals surface area (Å²) in [6.45, 7) is 6.19. The molecule has 2 rings (SSSR count). The van der Waals surface area contributed by atoms with E-state index >= 15 is 0 Å². The fraction of sp³-hybridized carbons (Fsp3) is 0.733. The molecule has 0 aromatic carbocycles. The molecule has 0 saturated heterocycles. The molecule has 5 heteroatoms. The van der Waals surface area contributed by atoms with Gasteiger partial charge in [-0.3, -0.25) is 0 Å². The Bertz CT molecular complexity index is 432. The van der Waals surface area contributed by atoms with Crippen LogP contribution in [0.5, 0.6) is 0 Å². The maximum absolute atomic E-state index is 8.78. The number of nitrogens with one attached hydrogen (secondary N) is 2. The molecule has 5 nitrogen and oxygen atoms in total. The lowest BCUT2D eigenvalue weighted by Gasteiger charge is -2.14. The van der Waals surface area contributed by atoms with Gasteiger partial charge in [0.05, 0.1) is 0 Å². The van der Waals surface area contributed by atoms with Crippen molar-refractivity contribution in [3.63, 3.8) is 0 Å². The first kappa shape index (κ1) is 15.0. The third-order valence-corrected chi connectivity index (χ3v) is 3.58. The second-order valence-corrected chi connectivity index (χ2v) is 5.42. The monoisotopic (exact) mass is 278 g/mol. The Morgan fingerprint density at radius 3 is 2.40 bits per heavy atom. The molecule has 1 aliphatic rings. The van der Waals surface area contributed by atoms with Gasteiger partial charge < -0.3 is 15.7 Å². The second-order valence-electron chi connectivity index (χ2n) is 5.42. The van der Waals surface area contributed by atoms with E-state index in [1.165, 1.54) is 12.8 Å². The van der Waals surface area contributed by atoms with E-state index in [0.717, 1.165) is 55.4 Å². The van der Waals surface area contributed by atoms with Crippen molar-refractivity contribution in [2.75, 3.05) is 30.3 Å². The molecule has 1 fully saturated rings. The molecule has 0 radical (unpaired) electrons. The van der Waals surface area contributed by atoms with Crippen LogP contribution in [0.15, 0.2) is 0 Å². The summed E-state index contributed by atoms with van der Waals surface area (Å²) in [5.41, 5.74) is 1.10. The summed E-state index contributed by atoms with van der Waals surface area (Å²) in [5, 5.41) is 15.5. The van der Waals surface area contributed by atoms with Crippen LogP contribution in [-0.4, -0.2) is 34.8 Å². The molecule has 0 aliphatic heterocycles. The van der Waals surface area contributed by atoms with Crippen molar-refractivity contribution in [3.05, 3.63) is 11.4 Å². The smallest absolute Gasteiger partial charge is 0.136 e. The largest absolute Gasteiger partial charge is 0.396 e. The molecule has 1 aromatic heterocycles. The van der Waals surface area contributed by atoms with E-state index in [9.17, 15) is 0 Å². The lowest BCUT2D eigenvalue weighted by molar-refractivity contribution is 0.283. The van der Waals surface area contributed by atoms with E-state index in [0.29, 0.717) is 5.92 Å². The maximum atomic E-state index is 8.78. The fourth-order valence-electron chi connectivity index (χ4n) is 2.19. The Kier molecular flexibility index (Phi) is 5.59. The van der Waals surface area contributed by atoms with Gasteiger partial charge in [-0.1, -0.05) is 0 Å². The van der Waals surface area contributed by atoms with Crippen molar-refractivity contribution in [2.45, 2.75) is 51.9 Å². The van der Waals surface area contributed by atoms with Gasteiger partial charge in [0, 0.05) is 31.2 Å². The van der Waals surface area contributed by atoms with Crippen LogP contribution in [0.4, 0.5) is 11.6 Å². The van der Waals surface area contributed by atoms with Gasteiger partial charge in [0.25, 0.3) is 0 Å². The molecule has 0 unspecified atom stereocenters. The molecule has 0 atom stereocenters. The Morgan fingerprint density at radius 1 is 1.10 bits per heavy atom. The first-order valence-corrected chi connectivity index (χ1v) is 7.73. The minimum atomic E-state index is 0.281. The van der Waals surface area contributed by atoms with Crippen molar-refractivity contribution >= 4 is 11.6 Å². The molecular formula is C15H26N4O. The lowest BCUT2D eigenvalue weighted by Crippen LogP contribution is -2.11. The standard InChI is InChI=1S/C15H26N4O/c1-3-16-13-11(2)14(17-9-5-4-6-10-20)19-15(18-13)12-7-8-12/h12,20H,3-10H2,1-2H3,(H2,16,17,18,19). The molecule has 112 valence electrons. The van der Waals surface area contributed by atoms with Gasteiger partial charge in [-0.2, -0.15) is 0 Å². The van der Waals surface area contributed by atoms with Crippen molar-refractivity contribution in [1.29, 1.82) is 0 Å². The minimum Gasteiger partial charge on any atom is -0.396 e. The Labute approximate surface area is 121 Å². The summed E-state index contributed by atoms with van der Waals surface area (Å²) >= 11 is 0. The van der Waals surface area contributed by atoms with E-state index < -0.39 is 0 Å². The summed E-state index contributed by atoms with van der Waals surface area (Å²) < 4.78 is 0. The molecule has 1 heterocycles. The highest BCUT2D eigenvalue weighted by Crippen LogP contribution is 2.39. The van der Waals surface area contributed by atoms with Gasteiger partial charge in [-0.05, 0) is 46.0 Å². The number of hydrogen-bond donors (Lipinski definition) is 3. The molecule has 3 N–H and O–H groups in total. The number of aliphatic hydroxyl groups excluding tert-OH is 1. The number of aliphatic hydroxyl groups is 1. The summed E-state index contributed by atoms with van der Waals surface area (Å²) in [5.74, 6) is 3.46. The number of nitrogens with zero attached hydrogens (tertiary/aromatic N) is 2. The molecule has 1 aliphatic carbocycles. The molecular weight excluding hydrogens is 252 g/mol. The summed E-state index contributed by atoms with van der Waals surface area (Å²) in [7, 11) is 0. The van der Waals surface area contributed by atoms with Gasteiger partial charge in [0.15, 0.2) is 0 Å². The van der Waals surface area contributed by atoms with Gasteiger partial charge in [-0.15, -0.1) is 0 Å². The SMILES string of the molecule is CCNc1nc(C2CC2)nc(NCCCCCO)c1C. The predicted molar refractivity (Wildman–Crippen MR) is 82.3 cm³/mol. The number of unbranched alkanes of at least 4 members (excludes halogenated alkanes) is 2. The number of aromatic nitrogens is 2. The second kappa shape index (κ2) is 7.43. The van der Waals surface area contributed by atoms with Crippen LogP contribution >= 0.6 is 0 Å². The Morgan fingerprint density at radius 2 is 1.80 bits per heavy atom. The van der Waals surface area contributed by atoms with Crippen LogP contribution < -0.4 is 10.6 Å². The first-order valence-electron chi connectivity index (χ1n) is 7.73. The molecule has 0 amide bonds. The first-order chi connectivity index (χ1) is 9.76. The third kappa shape index (κ3) is 4.07.